The molecule has 2 rings (SSSR count). The van der Waals surface area contributed by atoms with Gasteiger partial charge in [-0.05, 0) is 48.6 Å². The predicted molar refractivity (Wildman–Crippen MR) is 67.4 cm³/mol. The number of thiophene rings is 1. The summed E-state index contributed by atoms with van der Waals surface area (Å²) in [5.74, 6) is 0.840. The van der Waals surface area contributed by atoms with Crippen LogP contribution in [0.4, 0.5) is 0 Å². The molecule has 0 saturated heterocycles. The zero-order chi connectivity index (χ0) is 10.7. The summed E-state index contributed by atoms with van der Waals surface area (Å²) >= 11 is 1.86. The maximum absolute atomic E-state index is 3.61. The summed E-state index contributed by atoms with van der Waals surface area (Å²) in [6.45, 7) is 7.06. The highest BCUT2D eigenvalue weighted by molar-refractivity contribution is 7.09. The van der Waals surface area contributed by atoms with E-state index >= 15 is 0 Å². The van der Waals surface area contributed by atoms with Crippen molar-refractivity contribution in [3.05, 3.63) is 22.4 Å². The molecule has 0 radical (unpaired) electrons. The van der Waals surface area contributed by atoms with E-state index in [1.54, 1.807) is 0 Å². The SMILES string of the molecule is CC(C)C1(CNCCc2cccs2)CC1. The largest absolute Gasteiger partial charge is 0.316 e. The predicted octanol–water partition coefficient (Wildman–Crippen LogP) is 3.32. The van der Waals surface area contributed by atoms with Crippen LogP contribution in [0.1, 0.15) is 31.6 Å². The van der Waals surface area contributed by atoms with Crippen molar-refractivity contribution in [3.8, 4) is 0 Å². The van der Waals surface area contributed by atoms with Crippen molar-refractivity contribution in [2.75, 3.05) is 13.1 Å². The van der Waals surface area contributed by atoms with Gasteiger partial charge in [0.15, 0.2) is 0 Å². The Labute approximate surface area is 96.9 Å². The number of nitrogens with one attached hydrogen (secondary N) is 1. The van der Waals surface area contributed by atoms with E-state index < -0.39 is 0 Å². The molecule has 1 aromatic heterocycles. The molecule has 15 heavy (non-hydrogen) atoms. The minimum Gasteiger partial charge on any atom is -0.316 e. The Hall–Kier alpha value is -0.340. The summed E-state index contributed by atoms with van der Waals surface area (Å²) < 4.78 is 0. The first-order chi connectivity index (χ1) is 7.23. The number of hydrogen-bond donors (Lipinski definition) is 1. The summed E-state index contributed by atoms with van der Waals surface area (Å²) in [4.78, 5) is 1.50. The second-order valence-corrected chi connectivity index (χ2v) is 6.06. The fraction of sp³-hybridized carbons (Fsp3) is 0.692. The van der Waals surface area contributed by atoms with Gasteiger partial charge in [-0.25, -0.2) is 0 Å². The molecule has 1 aliphatic carbocycles. The van der Waals surface area contributed by atoms with Crippen LogP contribution < -0.4 is 5.32 Å². The second kappa shape index (κ2) is 4.67. The summed E-state index contributed by atoms with van der Waals surface area (Å²) in [5, 5.41) is 5.77. The van der Waals surface area contributed by atoms with Crippen molar-refractivity contribution >= 4 is 11.3 Å². The lowest BCUT2D eigenvalue weighted by molar-refractivity contribution is 0.339. The molecule has 0 amide bonds. The maximum atomic E-state index is 3.61. The Morgan fingerprint density at radius 3 is 2.80 bits per heavy atom. The molecule has 1 fully saturated rings. The number of hydrogen-bond acceptors (Lipinski definition) is 2. The van der Waals surface area contributed by atoms with Gasteiger partial charge in [0.25, 0.3) is 0 Å². The Balaban J connectivity index is 1.63. The lowest BCUT2D eigenvalue weighted by Crippen LogP contribution is -2.29. The first-order valence-corrected chi connectivity index (χ1v) is 6.84. The quantitative estimate of drug-likeness (QED) is 0.730. The highest BCUT2D eigenvalue weighted by atomic mass is 32.1. The van der Waals surface area contributed by atoms with Crippen molar-refractivity contribution < 1.29 is 0 Å². The molecule has 0 atom stereocenters. The van der Waals surface area contributed by atoms with Gasteiger partial charge in [-0.1, -0.05) is 19.9 Å². The Morgan fingerprint density at radius 1 is 1.47 bits per heavy atom. The Bertz CT molecular complexity index is 285. The van der Waals surface area contributed by atoms with E-state index in [9.17, 15) is 0 Å². The van der Waals surface area contributed by atoms with Crippen molar-refractivity contribution in [2.24, 2.45) is 11.3 Å². The molecule has 1 aromatic rings. The first-order valence-electron chi connectivity index (χ1n) is 5.96. The topological polar surface area (TPSA) is 12.0 Å². The average Bonchev–Trinajstić information content (AvgIpc) is 2.83. The fourth-order valence-corrected chi connectivity index (χ4v) is 2.83. The minimum atomic E-state index is 0.648. The van der Waals surface area contributed by atoms with E-state index in [-0.39, 0.29) is 0 Å². The Morgan fingerprint density at radius 2 is 2.27 bits per heavy atom. The van der Waals surface area contributed by atoms with Gasteiger partial charge in [-0.2, -0.15) is 0 Å². The Kier molecular flexibility index (Phi) is 3.47. The standard InChI is InChI=1S/C13H21NS/c1-11(2)13(6-7-13)10-14-8-5-12-4-3-9-15-12/h3-4,9,11,14H,5-8,10H2,1-2H3. The smallest absolute Gasteiger partial charge is 0.00578 e. The molecule has 84 valence electrons. The molecule has 0 aromatic carbocycles. The van der Waals surface area contributed by atoms with Crippen LogP contribution in [0.15, 0.2) is 17.5 Å². The fourth-order valence-electron chi connectivity index (χ4n) is 2.12. The molecule has 1 N–H and O–H groups in total. The van der Waals surface area contributed by atoms with Crippen LogP contribution in [-0.2, 0) is 6.42 Å². The molecule has 1 heterocycles. The molecule has 0 aliphatic heterocycles. The zero-order valence-electron chi connectivity index (χ0n) is 9.75. The molecule has 1 aliphatic rings. The van der Waals surface area contributed by atoms with Gasteiger partial charge in [0.1, 0.15) is 0 Å². The monoisotopic (exact) mass is 223 g/mol. The van der Waals surface area contributed by atoms with E-state index in [1.165, 1.54) is 30.7 Å². The number of rotatable bonds is 6. The molecular formula is C13H21NS. The van der Waals surface area contributed by atoms with E-state index in [4.69, 9.17) is 0 Å². The summed E-state index contributed by atoms with van der Waals surface area (Å²) in [6.07, 6.45) is 4.04. The van der Waals surface area contributed by atoms with E-state index in [0.29, 0.717) is 5.41 Å². The molecule has 1 nitrogen and oxygen atoms in total. The van der Waals surface area contributed by atoms with Crippen molar-refractivity contribution in [3.63, 3.8) is 0 Å². The van der Waals surface area contributed by atoms with Crippen LogP contribution in [0.2, 0.25) is 0 Å². The molecule has 0 bridgehead atoms. The van der Waals surface area contributed by atoms with Gasteiger partial charge >= 0.3 is 0 Å². The van der Waals surface area contributed by atoms with E-state index in [2.05, 4.69) is 36.7 Å². The highest BCUT2D eigenvalue weighted by Crippen LogP contribution is 2.51. The third-order valence-corrected chi connectivity index (χ3v) is 4.66. The van der Waals surface area contributed by atoms with Crippen molar-refractivity contribution in [1.82, 2.24) is 5.32 Å². The van der Waals surface area contributed by atoms with Crippen LogP contribution in [0.3, 0.4) is 0 Å². The third kappa shape index (κ3) is 2.82. The normalized spacial score (nSPS) is 18.3. The lowest BCUT2D eigenvalue weighted by atomic mass is 9.92. The van der Waals surface area contributed by atoms with Crippen molar-refractivity contribution in [1.29, 1.82) is 0 Å². The van der Waals surface area contributed by atoms with Gasteiger partial charge < -0.3 is 5.32 Å². The minimum absolute atomic E-state index is 0.648. The van der Waals surface area contributed by atoms with Gasteiger partial charge in [-0.15, -0.1) is 11.3 Å². The third-order valence-electron chi connectivity index (χ3n) is 3.72. The van der Waals surface area contributed by atoms with Gasteiger partial charge in [0.05, 0.1) is 0 Å². The van der Waals surface area contributed by atoms with Crippen LogP contribution in [0.25, 0.3) is 0 Å². The van der Waals surface area contributed by atoms with Gasteiger partial charge in [0.2, 0.25) is 0 Å². The highest BCUT2D eigenvalue weighted by Gasteiger charge is 2.44. The molecule has 0 unspecified atom stereocenters. The summed E-state index contributed by atoms with van der Waals surface area (Å²) in [5.41, 5.74) is 0.648. The van der Waals surface area contributed by atoms with Gasteiger partial charge in [-0.3, -0.25) is 0 Å². The van der Waals surface area contributed by atoms with Crippen LogP contribution >= 0.6 is 11.3 Å². The molecule has 1 saturated carbocycles. The lowest BCUT2D eigenvalue weighted by Gasteiger charge is -2.19. The summed E-state index contributed by atoms with van der Waals surface area (Å²) in [7, 11) is 0. The van der Waals surface area contributed by atoms with Crippen LogP contribution in [0, 0.1) is 11.3 Å². The van der Waals surface area contributed by atoms with E-state index in [1.807, 2.05) is 11.3 Å². The average molecular weight is 223 g/mol. The van der Waals surface area contributed by atoms with E-state index in [0.717, 1.165) is 12.5 Å². The zero-order valence-corrected chi connectivity index (χ0v) is 10.6. The van der Waals surface area contributed by atoms with Crippen molar-refractivity contribution in [2.45, 2.75) is 33.1 Å². The van der Waals surface area contributed by atoms with Crippen LogP contribution in [-0.4, -0.2) is 13.1 Å². The molecule has 0 spiro atoms. The molecule has 2 heteroatoms. The molecular weight excluding hydrogens is 202 g/mol. The van der Waals surface area contributed by atoms with Crippen LogP contribution in [0.5, 0.6) is 0 Å². The summed E-state index contributed by atoms with van der Waals surface area (Å²) in [6, 6.07) is 4.36. The second-order valence-electron chi connectivity index (χ2n) is 5.02. The first kappa shape index (κ1) is 11.2. The van der Waals surface area contributed by atoms with Gasteiger partial charge in [0, 0.05) is 11.4 Å². The maximum Gasteiger partial charge on any atom is 0.00578 e.